The molecule has 160 valence electrons. The third-order valence-electron chi connectivity index (χ3n) is 5.24. The maximum atomic E-state index is 11.4. The highest BCUT2D eigenvalue weighted by Crippen LogP contribution is 2.32. The summed E-state index contributed by atoms with van der Waals surface area (Å²) in [5.74, 6) is 0.311. The van der Waals surface area contributed by atoms with Crippen molar-refractivity contribution in [2.24, 2.45) is 0 Å². The molecule has 7 heteroatoms. The van der Waals surface area contributed by atoms with E-state index in [1.165, 1.54) is 24.0 Å². The van der Waals surface area contributed by atoms with Crippen LogP contribution < -0.4 is 10.2 Å². The van der Waals surface area contributed by atoms with Gasteiger partial charge in [0.1, 0.15) is 0 Å². The average molecular weight is 538 g/mol. The molecule has 5 rings (SSSR count). The van der Waals surface area contributed by atoms with Gasteiger partial charge in [0.05, 0.1) is 0 Å². The van der Waals surface area contributed by atoms with Gasteiger partial charge in [-0.15, -0.1) is 0 Å². The summed E-state index contributed by atoms with van der Waals surface area (Å²) in [6.45, 7) is 2.00. The van der Waals surface area contributed by atoms with Crippen LogP contribution in [0.2, 0.25) is 0 Å². The maximum absolute atomic E-state index is 11.4. The van der Waals surface area contributed by atoms with Crippen molar-refractivity contribution in [3.05, 3.63) is 56.5 Å². The van der Waals surface area contributed by atoms with Crippen LogP contribution in [0.4, 0.5) is 11.4 Å². The van der Waals surface area contributed by atoms with E-state index in [4.69, 9.17) is 4.74 Å². The Bertz CT molecular complexity index is 906. The van der Waals surface area contributed by atoms with E-state index in [1.807, 2.05) is 43.4 Å². The Morgan fingerprint density at radius 3 is 2.17 bits per heavy atom. The first-order chi connectivity index (χ1) is 14.5. The highest BCUT2D eigenvalue weighted by molar-refractivity contribution is 9.10. The smallest absolute Gasteiger partial charge is 0.227 e. The molecule has 2 aromatic rings. The van der Waals surface area contributed by atoms with E-state index in [0.29, 0.717) is 12.8 Å². The summed E-state index contributed by atoms with van der Waals surface area (Å²) in [6.07, 6.45) is 5.45. The van der Waals surface area contributed by atoms with Gasteiger partial charge in [-0.1, -0.05) is 44.0 Å². The van der Waals surface area contributed by atoms with Crippen LogP contribution in [0.5, 0.6) is 0 Å². The Hall–Kier alpha value is -1.70. The van der Waals surface area contributed by atoms with Gasteiger partial charge in [-0.25, -0.2) is 0 Å². The third kappa shape index (κ3) is 5.93. The zero-order valence-electron chi connectivity index (χ0n) is 17.0. The summed E-state index contributed by atoms with van der Waals surface area (Å²) >= 11 is 6.94. The van der Waals surface area contributed by atoms with Gasteiger partial charge in [-0.05, 0) is 61.1 Å². The fourth-order valence-corrected chi connectivity index (χ4v) is 4.65. The van der Waals surface area contributed by atoms with Crippen LogP contribution in [0.15, 0.2) is 45.3 Å². The Balaban J connectivity index is 0.000000140. The number of rotatable bonds is 0. The number of nitrogens with one attached hydrogen (secondary N) is 1. The number of fused-ring (bicyclic) bond motifs is 2. The van der Waals surface area contributed by atoms with E-state index >= 15 is 0 Å². The number of carbonyl (C=O) groups is 2. The second kappa shape index (κ2) is 11.1. The Kier molecular flexibility index (Phi) is 8.48. The highest BCUT2D eigenvalue weighted by atomic mass is 79.9. The average Bonchev–Trinajstić information content (AvgIpc) is 3.32. The van der Waals surface area contributed by atoms with Crippen LogP contribution >= 0.6 is 31.9 Å². The summed E-state index contributed by atoms with van der Waals surface area (Å²) in [5.41, 5.74) is 4.42. The van der Waals surface area contributed by atoms with E-state index < -0.39 is 0 Å². The number of halogens is 2. The van der Waals surface area contributed by atoms with Crippen molar-refractivity contribution >= 4 is 55.0 Å². The quantitative estimate of drug-likeness (QED) is 0.483. The van der Waals surface area contributed by atoms with Crippen LogP contribution in [-0.4, -0.2) is 32.1 Å². The van der Waals surface area contributed by atoms with E-state index in [-0.39, 0.29) is 11.8 Å². The van der Waals surface area contributed by atoms with Gasteiger partial charge in [0.2, 0.25) is 11.8 Å². The number of carbonyl (C=O) groups excluding carboxylic acids is 2. The molecule has 0 unspecified atom stereocenters. The Labute approximate surface area is 194 Å². The molecule has 5 nitrogen and oxygen atoms in total. The summed E-state index contributed by atoms with van der Waals surface area (Å²) in [6, 6.07) is 11.8. The minimum Gasteiger partial charge on any atom is -0.381 e. The van der Waals surface area contributed by atoms with Crippen LogP contribution in [-0.2, 0) is 27.2 Å². The van der Waals surface area contributed by atoms with Gasteiger partial charge >= 0.3 is 0 Å². The predicted octanol–water partition coefficient (Wildman–Crippen LogP) is 5.49. The van der Waals surface area contributed by atoms with E-state index in [9.17, 15) is 9.59 Å². The molecule has 30 heavy (non-hydrogen) atoms. The lowest BCUT2D eigenvalue weighted by Gasteiger charge is -2.26. The summed E-state index contributed by atoms with van der Waals surface area (Å²) in [5, 5.41) is 2.83. The van der Waals surface area contributed by atoms with Crippen molar-refractivity contribution in [1.29, 1.82) is 0 Å². The number of benzene rings is 2. The highest BCUT2D eigenvalue weighted by Gasteiger charge is 2.21. The molecule has 0 radical (unpaired) electrons. The standard InChI is InChI=1S/C10H10BrNO.C9H8BrNO.C4H8O/c1-12-9-4-2-3-8(11)7(9)5-6-10(12)13;10-7-2-1-3-8-6(7)4-5-9(12)11-8;1-2-4-5-3-1/h2-4H,5-6H2,1H3;1-3H,4-5H2,(H,11,12);1-4H2. The molecule has 2 amide bonds. The molecule has 3 heterocycles. The molecule has 1 fully saturated rings. The predicted molar refractivity (Wildman–Crippen MR) is 127 cm³/mol. The number of ether oxygens (including phenoxy) is 1. The third-order valence-corrected chi connectivity index (χ3v) is 6.73. The molecule has 0 bridgehead atoms. The summed E-state index contributed by atoms with van der Waals surface area (Å²) < 4.78 is 7.13. The van der Waals surface area contributed by atoms with Crippen LogP contribution in [0.25, 0.3) is 0 Å². The number of nitrogens with zero attached hydrogens (tertiary/aromatic N) is 1. The topological polar surface area (TPSA) is 58.6 Å². The molecule has 0 spiro atoms. The fourth-order valence-electron chi connectivity index (χ4n) is 3.53. The molecule has 3 aliphatic heterocycles. The largest absolute Gasteiger partial charge is 0.381 e. The van der Waals surface area contributed by atoms with Crippen LogP contribution in [0.3, 0.4) is 0 Å². The lowest BCUT2D eigenvalue weighted by atomic mass is 10.0. The number of amides is 2. The zero-order chi connectivity index (χ0) is 21.5. The molecule has 1 N–H and O–H groups in total. The fraction of sp³-hybridized carbons (Fsp3) is 0.391. The van der Waals surface area contributed by atoms with Crippen LogP contribution in [0.1, 0.15) is 36.8 Å². The van der Waals surface area contributed by atoms with Crippen molar-refractivity contribution in [1.82, 2.24) is 0 Å². The first kappa shape index (κ1) is 23.0. The van der Waals surface area contributed by atoms with Gasteiger partial charge in [-0.2, -0.15) is 0 Å². The lowest BCUT2D eigenvalue weighted by Crippen LogP contribution is -2.31. The van der Waals surface area contributed by atoms with Gasteiger partial charge < -0.3 is 15.0 Å². The number of hydrogen-bond acceptors (Lipinski definition) is 3. The van der Waals surface area contributed by atoms with E-state index in [1.54, 1.807) is 4.90 Å². The maximum Gasteiger partial charge on any atom is 0.227 e. The van der Waals surface area contributed by atoms with E-state index in [0.717, 1.165) is 46.4 Å². The normalized spacial score (nSPS) is 17.0. The summed E-state index contributed by atoms with van der Waals surface area (Å²) in [7, 11) is 1.83. The van der Waals surface area contributed by atoms with Gasteiger partial charge in [0.25, 0.3) is 0 Å². The minimum atomic E-state index is 0.112. The molecular formula is C23H26Br2N2O3. The molecule has 0 atom stereocenters. The zero-order valence-corrected chi connectivity index (χ0v) is 20.2. The van der Waals surface area contributed by atoms with Crippen LogP contribution in [0, 0.1) is 0 Å². The Morgan fingerprint density at radius 1 is 0.867 bits per heavy atom. The summed E-state index contributed by atoms with van der Waals surface area (Å²) in [4.78, 5) is 24.1. The van der Waals surface area contributed by atoms with Crippen molar-refractivity contribution < 1.29 is 14.3 Å². The van der Waals surface area contributed by atoms with E-state index in [2.05, 4.69) is 37.2 Å². The second-order valence-corrected chi connectivity index (χ2v) is 9.03. The SMILES string of the molecule is C1CCOC1.CN1C(=O)CCc2c(Br)cccc21.O=C1CCc2c(Br)cccc2N1. The van der Waals surface area contributed by atoms with Gasteiger partial charge in [0.15, 0.2) is 0 Å². The Morgan fingerprint density at radius 2 is 1.50 bits per heavy atom. The molecule has 2 aromatic carbocycles. The molecule has 0 saturated carbocycles. The monoisotopic (exact) mass is 536 g/mol. The van der Waals surface area contributed by atoms with Gasteiger partial charge in [-0.3, -0.25) is 9.59 Å². The second-order valence-electron chi connectivity index (χ2n) is 7.32. The molecule has 0 aromatic heterocycles. The minimum absolute atomic E-state index is 0.112. The first-order valence-electron chi connectivity index (χ1n) is 10.2. The molecular weight excluding hydrogens is 512 g/mol. The van der Waals surface area contributed by atoms with Crippen molar-refractivity contribution in [2.45, 2.75) is 38.5 Å². The molecule has 0 aliphatic carbocycles. The van der Waals surface area contributed by atoms with Gasteiger partial charge in [0, 0.05) is 53.4 Å². The first-order valence-corrected chi connectivity index (χ1v) is 11.7. The van der Waals surface area contributed by atoms with Crippen molar-refractivity contribution in [3.8, 4) is 0 Å². The number of hydrogen-bond donors (Lipinski definition) is 1. The van der Waals surface area contributed by atoms with Crippen molar-refractivity contribution in [3.63, 3.8) is 0 Å². The lowest BCUT2D eigenvalue weighted by molar-refractivity contribution is -0.118. The molecule has 3 aliphatic rings. The molecule has 1 saturated heterocycles. The van der Waals surface area contributed by atoms with Crippen molar-refractivity contribution in [2.75, 3.05) is 30.5 Å². The number of anilines is 2.